The van der Waals surface area contributed by atoms with E-state index in [1.807, 2.05) is 5.38 Å². The highest BCUT2D eigenvalue weighted by atomic mass is 79.9. The molecule has 4 nitrogen and oxygen atoms in total. The summed E-state index contributed by atoms with van der Waals surface area (Å²) < 4.78 is 3.36. The van der Waals surface area contributed by atoms with E-state index in [4.69, 9.17) is 10.7 Å². The number of aromatic nitrogens is 3. The molecule has 2 heterocycles. The van der Waals surface area contributed by atoms with Gasteiger partial charge in [-0.25, -0.2) is 9.97 Å². The minimum atomic E-state index is 0.649. The van der Waals surface area contributed by atoms with Gasteiger partial charge in [-0.1, -0.05) is 15.9 Å². The van der Waals surface area contributed by atoms with E-state index in [2.05, 4.69) is 50.6 Å². The van der Waals surface area contributed by atoms with Crippen LogP contribution in [0.2, 0.25) is 0 Å². The molecule has 1 aromatic carbocycles. The molecule has 3 aromatic rings. The summed E-state index contributed by atoms with van der Waals surface area (Å²) in [6.45, 7) is 3.10. The van der Waals surface area contributed by atoms with E-state index in [0.29, 0.717) is 5.13 Å². The fourth-order valence-electron chi connectivity index (χ4n) is 2.56. The third kappa shape index (κ3) is 3.11. The molecule has 0 amide bonds. The first-order valence-electron chi connectivity index (χ1n) is 7.02. The van der Waals surface area contributed by atoms with Crippen LogP contribution in [-0.2, 0) is 19.4 Å². The molecular weight excluding hydrogens is 348 g/mol. The number of fused-ring (bicyclic) bond motifs is 1. The summed E-state index contributed by atoms with van der Waals surface area (Å²) in [7, 11) is 0. The lowest BCUT2D eigenvalue weighted by atomic mass is 10.2. The van der Waals surface area contributed by atoms with Crippen LogP contribution >= 0.6 is 27.3 Å². The molecule has 6 heteroatoms. The lowest BCUT2D eigenvalue weighted by Crippen LogP contribution is -2.02. The van der Waals surface area contributed by atoms with E-state index in [9.17, 15) is 0 Å². The molecule has 21 heavy (non-hydrogen) atoms. The standard InChI is InChI=1S/C15H17BrN4S/c1-2-20-13-7-6-10(16)8-12(13)19-14(20)5-3-4-11-9-21-15(17)18-11/h6-9H,2-5H2,1H3,(H2,17,18). The van der Waals surface area contributed by atoms with E-state index in [1.165, 1.54) is 16.9 Å². The van der Waals surface area contributed by atoms with Crippen LogP contribution in [0.4, 0.5) is 5.13 Å². The van der Waals surface area contributed by atoms with E-state index in [-0.39, 0.29) is 0 Å². The SMILES string of the molecule is CCn1c(CCCc2csc(N)n2)nc2cc(Br)ccc21. The van der Waals surface area contributed by atoms with Crippen LogP contribution in [0.5, 0.6) is 0 Å². The van der Waals surface area contributed by atoms with Gasteiger partial charge in [0.2, 0.25) is 0 Å². The van der Waals surface area contributed by atoms with Crippen LogP contribution in [0.25, 0.3) is 11.0 Å². The number of anilines is 1. The highest BCUT2D eigenvalue weighted by Gasteiger charge is 2.10. The summed E-state index contributed by atoms with van der Waals surface area (Å²) in [5.74, 6) is 1.15. The third-order valence-electron chi connectivity index (χ3n) is 3.51. The van der Waals surface area contributed by atoms with Crippen molar-refractivity contribution in [3.8, 4) is 0 Å². The summed E-state index contributed by atoms with van der Waals surface area (Å²) in [4.78, 5) is 9.07. The molecule has 110 valence electrons. The molecule has 0 saturated heterocycles. The molecule has 0 radical (unpaired) electrons. The zero-order chi connectivity index (χ0) is 14.8. The molecule has 2 aromatic heterocycles. The average molecular weight is 365 g/mol. The number of hydrogen-bond donors (Lipinski definition) is 1. The lowest BCUT2D eigenvalue weighted by molar-refractivity contribution is 0.679. The molecular formula is C15H17BrN4S. The van der Waals surface area contributed by atoms with E-state index < -0.39 is 0 Å². The smallest absolute Gasteiger partial charge is 0.180 e. The Morgan fingerprint density at radius 1 is 1.29 bits per heavy atom. The topological polar surface area (TPSA) is 56.7 Å². The molecule has 0 aliphatic carbocycles. The number of benzene rings is 1. The van der Waals surface area contributed by atoms with Gasteiger partial charge in [0.15, 0.2) is 5.13 Å². The Morgan fingerprint density at radius 2 is 2.14 bits per heavy atom. The van der Waals surface area contributed by atoms with Crippen LogP contribution in [0.15, 0.2) is 28.1 Å². The van der Waals surface area contributed by atoms with Crippen LogP contribution in [0, 0.1) is 0 Å². The number of nitrogens with two attached hydrogens (primary N) is 1. The molecule has 0 saturated carbocycles. The Bertz CT molecular complexity index is 762. The first-order chi connectivity index (χ1) is 10.2. The van der Waals surface area contributed by atoms with Gasteiger partial charge in [0.05, 0.1) is 16.7 Å². The van der Waals surface area contributed by atoms with Gasteiger partial charge in [-0.15, -0.1) is 11.3 Å². The summed E-state index contributed by atoms with van der Waals surface area (Å²) in [6.07, 6.45) is 2.94. The van der Waals surface area contributed by atoms with Crippen LogP contribution < -0.4 is 5.73 Å². The first-order valence-corrected chi connectivity index (χ1v) is 8.69. The van der Waals surface area contributed by atoms with E-state index >= 15 is 0 Å². The van der Waals surface area contributed by atoms with E-state index in [0.717, 1.165) is 47.3 Å². The predicted molar refractivity (Wildman–Crippen MR) is 91.7 cm³/mol. The summed E-state index contributed by atoms with van der Waals surface area (Å²) >= 11 is 5.01. The maximum atomic E-state index is 5.66. The van der Waals surface area contributed by atoms with Gasteiger partial charge in [0, 0.05) is 22.8 Å². The first kappa shape index (κ1) is 14.5. The molecule has 0 fully saturated rings. The summed E-state index contributed by atoms with van der Waals surface area (Å²) in [5.41, 5.74) is 9.00. The van der Waals surface area contributed by atoms with Crippen molar-refractivity contribution in [2.75, 3.05) is 5.73 Å². The molecule has 0 aliphatic rings. The summed E-state index contributed by atoms with van der Waals surface area (Å²) in [6, 6.07) is 6.27. The third-order valence-corrected chi connectivity index (χ3v) is 4.72. The van der Waals surface area contributed by atoms with Gasteiger partial charge >= 0.3 is 0 Å². The van der Waals surface area contributed by atoms with Crippen molar-refractivity contribution in [1.29, 1.82) is 0 Å². The van der Waals surface area contributed by atoms with Gasteiger partial charge in [0.1, 0.15) is 5.82 Å². The molecule has 0 unspecified atom stereocenters. The monoisotopic (exact) mass is 364 g/mol. The van der Waals surface area contributed by atoms with Crippen LogP contribution in [-0.4, -0.2) is 14.5 Å². The van der Waals surface area contributed by atoms with Crippen molar-refractivity contribution in [2.45, 2.75) is 32.7 Å². The quantitative estimate of drug-likeness (QED) is 0.743. The second-order valence-corrected chi connectivity index (χ2v) is 6.74. The van der Waals surface area contributed by atoms with Crippen molar-refractivity contribution >= 4 is 43.4 Å². The maximum Gasteiger partial charge on any atom is 0.180 e. The zero-order valence-corrected chi connectivity index (χ0v) is 14.2. The van der Waals surface area contributed by atoms with Crippen molar-refractivity contribution in [3.05, 3.63) is 39.6 Å². The molecule has 3 rings (SSSR count). The van der Waals surface area contributed by atoms with Crippen LogP contribution in [0.3, 0.4) is 0 Å². The van der Waals surface area contributed by atoms with Gasteiger partial charge < -0.3 is 10.3 Å². The minimum absolute atomic E-state index is 0.649. The molecule has 0 aliphatic heterocycles. The van der Waals surface area contributed by atoms with Gasteiger partial charge in [-0.3, -0.25) is 0 Å². The number of nitrogen functional groups attached to an aromatic ring is 1. The lowest BCUT2D eigenvalue weighted by Gasteiger charge is -2.05. The molecule has 0 bridgehead atoms. The van der Waals surface area contributed by atoms with Crippen molar-refractivity contribution < 1.29 is 0 Å². The Balaban J connectivity index is 1.76. The fraction of sp³-hybridized carbons (Fsp3) is 0.333. The second kappa shape index (κ2) is 6.15. The number of halogens is 1. The van der Waals surface area contributed by atoms with E-state index in [1.54, 1.807) is 0 Å². The number of rotatable bonds is 5. The maximum absolute atomic E-state index is 5.66. The largest absolute Gasteiger partial charge is 0.375 e. The molecule has 0 atom stereocenters. The van der Waals surface area contributed by atoms with Crippen molar-refractivity contribution in [1.82, 2.24) is 14.5 Å². The van der Waals surface area contributed by atoms with Gasteiger partial charge in [0.25, 0.3) is 0 Å². The number of aryl methyl sites for hydroxylation is 3. The highest BCUT2D eigenvalue weighted by Crippen LogP contribution is 2.22. The number of hydrogen-bond acceptors (Lipinski definition) is 4. The Morgan fingerprint density at radius 3 is 2.86 bits per heavy atom. The average Bonchev–Trinajstić information content (AvgIpc) is 3.01. The number of thiazole rings is 1. The highest BCUT2D eigenvalue weighted by molar-refractivity contribution is 9.10. The Kier molecular flexibility index (Phi) is 4.26. The van der Waals surface area contributed by atoms with Crippen molar-refractivity contribution in [2.24, 2.45) is 0 Å². The normalized spacial score (nSPS) is 11.3. The van der Waals surface area contributed by atoms with Crippen LogP contribution in [0.1, 0.15) is 24.9 Å². The predicted octanol–water partition coefficient (Wildman–Crippen LogP) is 4.03. The second-order valence-electron chi connectivity index (χ2n) is 4.94. The Labute approximate surface area is 136 Å². The zero-order valence-electron chi connectivity index (χ0n) is 11.8. The molecule has 0 spiro atoms. The summed E-state index contributed by atoms with van der Waals surface area (Å²) in [5, 5.41) is 2.69. The van der Waals surface area contributed by atoms with Gasteiger partial charge in [-0.05, 0) is 38.0 Å². The van der Waals surface area contributed by atoms with Gasteiger partial charge in [-0.2, -0.15) is 0 Å². The van der Waals surface area contributed by atoms with Crippen molar-refractivity contribution in [3.63, 3.8) is 0 Å². The number of nitrogens with zero attached hydrogens (tertiary/aromatic N) is 3. The Hall–Kier alpha value is -1.40. The minimum Gasteiger partial charge on any atom is -0.375 e. The molecule has 2 N–H and O–H groups in total. The fourth-order valence-corrected chi connectivity index (χ4v) is 3.51. The number of imidazole rings is 1.